The molecule has 5 N–H and O–H groups in total. The van der Waals surface area contributed by atoms with Crippen LogP contribution in [-0.4, -0.2) is 36.9 Å². The van der Waals surface area contributed by atoms with Gasteiger partial charge in [0.25, 0.3) is 0 Å². The molecule has 0 saturated heterocycles. The molecule has 1 aromatic carbocycles. The molecule has 0 bridgehead atoms. The average Bonchev–Trinajstić information content (AvgIpc) is 2.47. The fraction of sp³-hybridized carbons (Fsp3) is 0.312. The molecule has 0 aromatic heterocycles. The van der Waals surface area contributed by atoms with E-state index in [1.807, 2.05) is 6.07 Å². The number of rotatable bonds is 6. The van der Waals surface area contributed by atoms with Gasteiger partial charge in [0.15, 0.2) is 0 Å². The molecule has 1 atom stereocenters. The zero-order valence-corrected chi connectivity index (χ0v) is 13.8. The topological polar surface area (TPSA) is 131 Å². The van der Waals surface area contributed by atoms with Crippen LogP contribution in [0.3, 0.4) is 0 Å². The Hall–Kier alpha value is -1.92. The van der Waals surface area contributed by atoms with Gasteiger partial charge in [-0.2, -0.15) is 4.76 Å². The molecule has 1 unspecified atom stereocenters. The lowest BCUT2D eigenvalue weighted by Gasteiger charge is -2.19. The Bertz CT molecular complexity index is 734. The van der Waals surface area contributed by atoms with Crippen LogP contribution in [0.1, 0.15) is 24.8 Å². The van der Waals surface area contributed by atoms with Gasteiger partial charge in [0.1, 0.15) is 11.5 Å². The molecule has 2 rings (SSSR count). The van der Waals surface area contributed by atoms with Gasteiger partial charge in [-0.3, -0.25) is 0 Å². The van der Waals surface area contributed by atoms with Crippen LogP contribution in [0, 0.1) is 0 Å². The van der Waals surface area contributed by atoms with Gasteiger partial charge < -0.3 is 25.1 Å². The molecule has 1 aliphatic rings. The van der Waals surface area contributed by atoms with E-state index in [0.717, 1.165) is 5.56 Å². The van der Waals surface area contributed by atoms with Crippen LogP contribution in [0.4, 0.5) is 0 Å². The number of phenolic OH excluding ortho intramolecular Hbond substituents is 1. The van der Waals surface area contributed by atoms with Gasteiger partial charge in [-0.15, -0.1) is 0 Å². The summed E-state index contributed by atoms with van der Waals surface area (Å²) in [7, 11) is -4.61. The molecule has 0 spiro atoms. The maximum atomic E-state index is 11.1. The van der Waals surface area contributed by atoms with Crippen molar-refractivity contribution < 1.29 is 29.7 Å². The number of benzene rings is 1. The van der Waals surface area contributed by atoms with Gasteiger partial charge in [-0.1, -0.05) is 12.1 Å². The molecule has 7 nitrogen and oxygen atoms in total. The predicted molar refractivity (Wildman–Crippen MR) is 89.9 cm³/mol. The fourth-order valence-electron chi connectivity index (χ4n) is 2.53. The number of hydrogen-bond donors (Lipinski definition) is 5. The van der Waals surface area contributed by atoms with Crippen molar-refractivity contribution in [3.63, 3.8) is 0 Å². The number of hydrogen-bond acceptors (Lipinski definition) is 4. The van der Waals surface area contributed by atoms with Gasteiger partial charge in [-0.05, 0) is 49.1 Å². The molecule has 0 radical (unpaired) electrons. The van der Waals surface area contributed by atoms with Crippen molar-refractivity contribution in [1.29, 1.82) is 0 Å². The van der Waals surface area contributed by atoms with E-state index in [2.05, 4.69) is 4.76 Å². The minimum Gasteiger partial charge on any atom is -0.508 e. The number of phenols is 1. The third kappa shape index (κ3) is 5.62. The first-order valence-electron chi connectivity index (χ1n) is 7.46. The second-order valence-electron chi connectivity index (χ2n) is 5.57. The summed E-state index contributed by atoms with van der Waals surface area (Å²) in [5.41, 5.74) is 1.21. The lowest BCUT2D eigenvalue weighted by molar-refractivity contribution is 0.202. The first-order valence-corrected chi connectivity index (χ1v) is 9.03. The summed E-state index contributed by atoms with van der Waals surface area (Å²) in [5.74, 6) is 0.107. The Balaban J connectivity index is 2.03. The first kappa shape index (κ1) is 18.4. The summed E-state index contributed by atoms with van der Waals surface area (Å²) in [4.78, 5) is 18.0. The third-order valence-electron chi connectivity index (χ3n) is 3.60. The third-order valence-corrected chi connectivity index (χ3v) is 4.11. The Morgan fingerprint density at radius 3 is 2.67 bits per heavy atom. The zero-order valence-electron chi connectivity index (χ0n) is 12.9. The smallest absolute Gasteiger partial charge is 0.448 e. The monoisotopic (exact) mass is 353 g/mol. The minimum atomic E-state index is -4.61. The highest BCUT2D eigenvalue weighted by Gasteiger charge is 2.23. The van der Waals surface area contributed by atoms with E-state index in [0.29, 0.717) is 19.3 Å². The molecule has 1 aliphatic carbocycles. The van der Waals surface area contributed by atoms with Crippen molar-refractivity contribution in [1.82, 2.24) is 0 Å². The van der Waals surface area contributed by atoms with Gasteiger partial charge in [0.05, 0.1) is 11.8 Å². The van der Waals surface area contributed by atoms with Crippen LogP contribution < -0.4 is 0 Å². The van der Waals surface area contributed by atoms with Gasteiger partial charge in [-0.25, -0.2) is 4.57 Å². The van der Waals surface area contributed by atoms with Gasteiger partial charge in [0, 0.05) is 12.0 Å². The summed E-state index contributed by atoms with van der Waals surface area (Å²) in [5, 5.41) is 29.3. The number of aliphatic hydroxyl groups excluding tert-OH is 2. The van der Waals surface area contributed by atoms with Crippen LogP contribution in [0.2, 0.25) is 0 Å². The fourth-order valence-corrected chi connectivity index (χ4v) is 3.04. The van der Waals surface area contributed by atoms with Gasteiger partial charge >= 0.3 is 7.75 Å². The van der Waals surface area contributed by atoms with Crippen LogP contribution in [0.5, 0.6) is 5.75 Å². The van der Waals surface area contributed by atoms with Crippen molar-refractivity contribution in [3.8, 4) is 5.75 Å². The normalized spacial score (nSPS) is 18.2. The molecule has 0 fully saturated rings. The summed E-state index contributed by atoms with van der Waals surface area (Å²) >= 11 is 0. The zero-order chi connectivity index (χ0) is 17.7. The van der Waals surface area contributed by atoms with E-state index in [4.69, 9.17) is 9.79 Å². The Labute approximate surface area is 139 Å². The largest absolute Gasteiger partial charge is 0.508 e. The number of allylic oxidation sites excluding steroid dienone is 2. The highest BCUT2D eigenvalue weighted by Crippen LogP contribution is 2.38. The standard InChI is InChI=1S/C16H20NO6P/c18-12-5-1-3-11(9-12)4-2-6-16(20)14-10-13(19)7-8-15(14)17-24(21,22)23/h1,3,5,7,9-10,16,18-20H,2,4,6,8H2,(H2,21,22,23). The highest BCUT2D eigenvalue weighted by molar-refractivity contribution is 7.50. The second-order valence-corrected chi connectivity index (χ2v) is 6.80. The summed E-state index contributed by atoms with van der Waals surface area (Å²) < 4.78 is 14.4. The van der Waals surface area contributed by atoms with Crippen molar-refractivity contribution in [3.05, 3.63) is 53.3 Å². The van der Waals surface area contributed by atoms with E-state index in [1.165, 1.54) is 12.2 Å². The molecule has 24 heavy (non-hydrogen) atoms. The van der Waals surface area contributed by atoms with Crippen LogP contribution in [0.15, 0.2) is 52.5 Å². The predicted octanol–water partition coefficient (Wildman–Crippen LogP) is 2.38. The van der Waals surface area contributed by atoms with E-state index >= 15 is 0 Å². The number of aryl methyl sites for hydroxylation is 1. The van der Waals surface area contributed by atoms with Crippen LogP contribution in [0.25, 0.3) is 0 Å². The van der Waals surface area contributed by atoms with E-state index < -0.39 is 13.9 Å². The molecular weight excluding hydrogens is 333 g/mol. The highest BCUT2D eigenvalue weighted by atomic mass is 31.2. The first-order chi connectivity index (χ1) is 11.2. The lowest BCUT2D eigenvalue weighted by atomic mass is 9.93. The number of nitrogens with zero attached hydrogens (tertiary/aromatic N) is 1. The summed E-state index contributed by atoms with van der Waals surface area (Å²) in [6.45, 7) is 0. The summed E-state index contributed by atoms with van der Waals surface area (Å²) in [6, 6.07) is 6.81. The second kappa shape index (κ2) is 7.77. The SMILES string of the molecule is O=P(O)(O)N=C1CC=C(O)C=C1C(O)CCCc1cccc(O)c1. The maximum absolute atomic E-state index is 11.1. The maximum Gasteiger partial charge on any atom is 0.448 e. The van der Waals surface area contributed by atoms with Gasteiger partial charge in [0.2, 0.25) is 0 Å². The Morgan fingerprint density at radius 2 is 2.00 bits per heavy atom. The van der Waals surface area contributed by atoms with E-state index in [-0.39, 0.29) is 29.2 Å². The molecule has 1 aromatic rings. The average molecular weight is 353 g/mol. The summed E-state index contributed by atoms with van der Waals surface area (Å²) in [6.07, 6.45) is 3.25. The quantitative estimate of drug-likeness (QED) is 0.499. The molecular formula is C16H20NO6P. The molecule has 130 valence electrons. The van der Waals surface area contributed by atoms with Crippen LogP contribution >= 0.6 is 7.75 Å². The molecule has 0 aliphatic heterocycles. The molecule has 0 saturated carbocycles. The number of aliphatic hydroxyl groups is 2. The molecule has 0 amide bonds. The van der Waals surface area contributed by atoms with E-state index in [9.17, 15) is 19.9 Å². The number of aromatic hydroxyl groups is 1. The van der Waals surface area contributed by atoms with E-state index in [1.54, 1.807) is 18.2 Å². The lowest BCUT2D eigenvalue weighted by Crippen LogP contribution is -2.20. The minimum absolute atomic E-state index is 0.0480. The molecule has 0 heterocycles. The van der Waals surface area contributed by atoms with Crippen molar-refractivity contribution in [2.75, 3.05) is 0 Å². The van der Waals surface area contributed by atoms with Crippen molar-refractivity contribution in [2.45, 2.75) is 31.8 Å². The van der Waals surface area contributed by atoms with Crippen LogP contribution in [-0.2, 0) is 11.0 Å². The Kier molecular flexibility index (Phi) is 5.96. The molecule has 8 heteroatoms. The van der Waals surface area contributed by atoms with Crippen molar-refractivity contribution in [2.24, 2.45) is 4.76 Å². The van der Waals surface area contributed by atoms with Crippen molar-refractivity contribution >= 4 is 13.5 Å². The Morgan fingerprint density at radius 1 is 1.25 bits per heavy atom.